The van der Waals surface area contributed by atoms with Crippen molar-refractivity contribution in [1.82, 2.24) is 9.80 Å². The van der Waals surface area contributed by atoms with E-state index in [-0.39, 0.29) is 12.6 Å². The minimum absolute atomic E-state index is 0.0556. The lowest BCUT2D eigenvalue weighted by molar-refractivity contribution is -0.137. The molecule has 31 heavy (non-hydrogen) atoms. The lowest BCUT2D eigenvalue weighted by Crippen LogP contribution is -2.52. The number of hydrogen-bond acceptors (Lipinski definition) is 5. The summed E-state index contributed by atoms with van der Waals surface area (Å²) in [5.74, 6) is 1.44. The Kier molecular flexibility index (Phi) is 7.80. The van der Waals surface area contributed by atoms with Crippen molar-refractivity contribution >= 4 is 0 Å². The van der Waals surface area contributed by atoms with Crippen LogP contribution in [0.5, 0.6) is 11.5 Å². The molecule has 1 unspecified atom stereocenters. The van der Waals surface area contributed by atoms with Gasteiger partial charge in [0.2, 0.25) is 0 Å². The molecule has 0 bridgehead atoms. The van der Waals surface area contributed by atoms with Crippen LogP contribution in [0, 0.1) is 0 Å². The van der Waals surface area contributed by atoms with Crippen molar-refractivity contribution in [2.75, 3.05) is 40.5 Å². The number of methoxy groups -OCH3 is 2. The zero-order chi connectivity index (χ0) is 22.4. The van der Waals surface area contributed by atoms with E-state index in [0.717, 1.165) is 36.2 Å². The van der Waals surface area contributed by atoms with Gasteiger partial charge in [-0.25, -0.2) is 0 Å². The highest BCUT2D eigenvalue weighted by Gasteiger charge is 2.31. The molecule has 8 heteroatoms. The molecule has 170 valence electrons. The molecule has 0 aliphatic carbocycles. The first kappa shape index (κ1) is 23.4. The number of aliphatic hydroxyl groups is 1. The standard InChI is InChI=1S/C23H29F3N2O3/c1-30-21-11-18(12-22(13-21)31-2)15-28-8-7-27(16-20(28)6-9-29)14-17-4-3-5-19(10-17)23(24,25)26/h3-5,10-13,20,29H,6-9,14-16H2,1-2H3. The van der Waals surface area contributed by atoms with E-state index in [1.165, 1.54) is 12.1 Å². The van der Waals surface area contributed by atoms with Crippen molar-refractivity contribution in [3.8, 4) is 11.5 Å². The van der Waals surface area contributed by atoms with Gasteiger partial charge in [0.1, 0.15) is 11.5 Å². The van der Waals surface area contributed by atoms with Crippen LogP contribution in [-0.2, 0) is 19.3 Å². The molecule has 0 aromatic heterocycles. The number of nitrogens with zero attached hydrogens (tertiary/aromatic N) is 2. The van der Waals surface area contributed by atoms with Crippen molar-refractivity contribution in [1.29, 1.82) is 0 Å². The summed E-state index contributed by atoms with van der Waals surface area (Å²) >= 11 is 0. The summed E-state index contributed by atoms with van der Waals surface area (Å²) in [6.07, 6.45) is -3.74. The number of hydrogen-bond donors (Lipinski definition) is 1. The number of ether oxygens (including phenoxy) is 2. The van der Waals surface area contributed by atoms with Gasteiger partial charge in [-0.05, 0) is 35.7 Å². The fourth-order valence-corrected chi connectivity index (χ4v) is 4.03. The molecular formula is C23H29F3N2O3. The largest absolute Gasteiger partial charge is 0.497 e. The summed E-state index contributed by atoms with van der Waals surface area (Å²) in [5.41, 5.74) is 1.07. The summed E-state index contributed by atoms with van der Waals surface area (Å²) in [6, 6.07) is 11.3. The van der Waals surface area contributed by atoms with Gasteiger partial charge in [-0.3, -0.25) is 9.80 Å². The minimum atomic E-state index is -4.34. The van der Waals surface area contributed by atoms with E-state index < -0.39 is 11.7 Å². The predicted molar refractivity (Wildman–Crippen MR) is 112 cm³/mol. The van der Waals surface area contributed by atoms with Gasteiger partial charge in [0.25, 0.3) is 0 Å². The maximum absolute atomic E-state index is 13.0. The van der Waals surface area contributed by atoms with Gasteiger partial charge in [-0.1, -0.05) is 18.2 Å². The zero-order valence-electron chi connectivity index (χ0n) is 17.9. The van der Waals surface area contributed by atoms with Crippen LogP contribution in [0.2, 0.25) is 0 Å². The predicted octanol–water partition coefficient (Wildman–Crippen LogP) is 3.79. The normalized spacial score (nSPS) is 18.2. The van der Waals surface area contributed by atoms with Gasteiger partial charge < -0.3 is 14.6 Å². The number of aliphatic hydroxyl groups excluding tert-OH is 1. The Morgan fingerprint density at radius 1 is 0.968 bits per heavy atom. The monoisotopic (exact) mass is 438 g/mol. The molecule has 3 rings (SSSR count). The van der Waals surface area contributed by atoms with Crippen LogP contribution < -0.4 is 9.47 Å². The van der Waals surface area contributed by atoms with Crippen LogP contribution in [0.1, 0.15) is 23.1 Å². The van der Waals surface area contributed by atoms with E-state index in [9.17, 15) is 18.3 Å². The Morgan fingerprint density at radius 2 is 1.68 bits per heavy atom. The average molecular weight is 438 g/mol. The molecular weight excluding hydrogens is 409 g/mol. The van der Waals surface area contributed by atoms with Crippen molar-refractivity contribution in [2.24, 2.45) is 0 Å². The van der Waals surface area contributed by atoms with E-state index in [1.807, 2.05) is 18.2 Å². The third-order valence-electron chi connectivity index (χ3n) is 5.61. The van der Waals surface area contributed by atoms with Gasteiger partial charge in [0.15, 0.2) is 0 Å². The smallest absolute Gasteiger partial charge is 0.416 e. The van der Waals surface area contributed by atoms with Crippen molar-refractivity contribution < 1.29 is 27.8 Å². The summed E-state index contributed by atoms with van der Waals surface area (Å²) < 4.78 is 49.7. The molecule has 1 fully saturated rings. The van der Waals surface area contributed by atoms with Crippen LogP contribution in [-0.4, -0.2) is 61.4 Å². The number of alkyl halides is 3. The highest BCUT2D eigenvalue weighted by atomic mass is 19.4. The van der Waals surface area contributed by atoms with Crippen molar-refractivity contribution in [3.05, 3.63) is 59.2 Å². The molecule has 0 saturated carbocycles. The lowest BCUT2D eigenvalue weighted by Gasteiger charge is -2.41. The van der Waals surface area contributed by atoms with Crippen LogP contribution in [0.3, 0.4) is 0 Å². The highest BCUT2D eigenvalue weighted by Crippen LogP contribution is 2.30. The third-order valence-corrected chi connectivity index (χ3v) is 5.61. The van der Waals surface area contributed by atoms with Crippen LogP contribution in [0.15, 0.2) is 42.5 Å². The van der Waals surface area contributed by atoms with Gasteiger partial charge in [0.05, 0.1) is 19.8 Å². The van der Waals surface area contributed by atoms with Crippen LogP contribution in [0.25, 0.3) is 0 Å². The Labute approximate surface area is 181 Å². The fourth-order valence-electron chi connectivity index (χ4n) is 4.03. The second-order valence-corrected chi connectivity index (χ2v) is 7.79. The van der Waals surface area contributed by atoms with E-state index in [2.05, 4.69) is 9.80 Å². The van der Waals surface area contributed by atoms with Crippen LogP contribution in [0.4, 0.5) is 13.2 Å². The maximum atomic E-state index is 13.0. The van der Waals surface area contributed by atoms with Gasteiger partial charge in [-0.2, -0.15) is 13.2 Å². The number of benzene rings is 2. The molecule has 2 aromatic rings. The molecule has 1 atom stereocenters. The SMILES string of the molecule is COc1cc(CN2CCN(Cc3cccc(C(F)(F)F)c3)CC2CCO)cc(OC)c1. The Balaban J connectivity index is 1.68. The first-order valence-electron chi connectivity index (χ1n) is 10.3. The Bertz CT molecular complexity index is 838. The van der Waals surface area contributed by atoms with E-state index in [0.29, 0.717) is 31.6 Å². The first-order chi connectivity index (χ1) is 14.8. The van der Waals surface area contributed by atoms with Crippen molar-refractivity contribution in [3.63, 3.8) is 0 Å². The van der Waals surface area contributed by atoms with Gasteiger partial charge >= 0.3 is 6.18 Å². The van der Waals surface area contributed by atoms with Crippen LogP contribution >= 0.6 is 0 Å². The number of rotatable bonds is 8. The fraction of sp³-hybridized carbons (Fsp3) is 0.478. The molecule has 1 aliphatic heterocycles. The summed E-state index contributed by atoms with van der Waals surface area (Å²) in [5, 5.41) is 9.56. The topological polar surface area (TPSA) is 45.2 Å². The molecule has 0 spiro atoms. The molecule has 1 N–H and O–H groups in total. The molecule has 2 aromatic carbocycles. The molecule has 1 saturated heterocycles. The third kappa shape index (κ3) is 6.35. The molecule has 5 nitrogen and oxygen atoms in total. The minimum Gasteiger partial charge on any atom is -0.497 e. The number of halogens is 3. The van der Waals surface area contributed by atoms with E-state index in [4.69, 9.17) is 9.47 Å². The molecule has 0 amide bonds. The highest BCUT2D eigenvalue weighted by molar-refractivity contribution is 5.38. The van der Waals surface area contributed by atoms with Crippen molar-refractivity contribution in [2.45, 2.75) is 31.7 Å². The molecule has 1 heterocycles. The summed E-state index contributed by atoms with van der Waals surface area (Å²) in [4.78, 5) is 4.45. The second kappa shape index (κ2) is 10.3. The quantitative estimate of drug-likeness (QED) is 0.680. The van der Waals surface area contributed by atoms with E-state index in [1.54, 1.807) is 20.3 Å². The first-order valence-corrected chi connectivity index (χ1v) is 10.3. The lowest BCUT2D eigenvalue weighted by atomic mass is 10.0. The zero-order valence-corrected chi connectivity index (χ0v) is 17.9. The summed E-state index contributed by atoms with van der Waals surface area (Å²) in [6.45, 7) is 3.35. The number of piperazine rings is 1. The average Bonchev–Trinajstić information content (AvgIpc) is 2.75. The Hall–Kier alpha value is -2.29. The van der Waals surface area contributed by atoms with Gasteiger partial charge in [-0.15, -0.1) is 0 Å². The maximum Gasteiger partial charge on any atom is 0.416 e. The van der Waals surface area contributed by atoms with E-state index >= 15 is 0 Å². The molecule has 1 aliphatic rings. The molecule has 0 radical (unpaired) electrons. The Morgan fingerprint density at radius 3 is 2.29 bits per heavy atom. The summed E-state index contributed by atoms with van der Waals surface area (Å²) in [7, 11) is 3.22. The van der Waals surface area contributed by atoms with Gasteiger partial charge in [0, 0.05) is 51.4 Å². The second-order valence-electron chi connectivity index (χ2n) is 7.79.